The van der Waals surface area contributed by atoms with Crippen molar-refractivity contribution in [1.29, 1.82) is 0 Å². The molecule has 4 aromatic rings. The van der Waals surface area contributed by atoms with Gasteiger partial charge in [0.1, 0.15) is 5.75 Å². The van der Waals surface area contributed by atoms with Crippen molar-refractivity contribution in [2.75, 3.05) is 0 Å². The van der Waals surface area contributed by atoms with Crippen molar-refractivity contribution >= 4 is 5.91 Å². The molecule has 33 heavy (non-hydrogen) atoms. The molecule has 1 atom stereocenters. The van der Waals surface area contributed by atoms with Crippen LogP contribution in [0.1, 0.15) is 45.9 Å². The zero-order valence-electron chi connectivity index (χ0n) is 18.5. The molecule has 0 fully saturated rings. The summed E-state index contributed by atoms with van der Waals surface area (Å²) in [5.74, 6) is 1.60. The first-order chi connectivity index (χ1) is 16.2. The van der Waals surface area contributed by atoms with Gasteiger partial charge in [0.05, 0.1) is 6.04 Å². The lowest BCUT2D eigenvalue weighted by Gasteiger charge is -2.26. The minimum absolute atomic E-state index is 0.0552. The monoisotopic (exact) mass is 435 g/mol. The lowest BCUT2D eigenvalue weighted by Crippen LogP contribution is -2.30. The zero-order valence-corrected chi connectivity index (χ0v) is 18.5. The Balaban J connectivity index is 1.26. The lowest BCUT2D eigenvalue weighted by molar-refractivity contribution is 0.0932. The van der Waals surface area contributed by atoms with Crippen LogP contribution in [0.5, 0.6) is 11.6 Å². The molecule has 1 heterocycles. The van der Waals surface area contributed by atoms with Crippen molar-refractivity contribution in [2.24, 2.45) is 0 Å². The van der Waals surface area contributed by atoms with Crippen LogP contribution in [0.4, 0.5) is 0 Å². The highest BCUT2D eigenvalue weighted by Crippen LogP contribution is 2.30. The molecule has 5 rings (SSSR count). The second kappa shape index (κ2) is 9.25. The maximum absolute atomic E-state index is 12.8. The minimum Gasteiger partial charge on any atom is -0.439 e. The van der Waals surface area contributed by atoms with Gasteiger partial charge in [-0.3, -0.25) is 4.79 Å². The highest BCUT2D eigenvalue weighted by atomic mass is 16.5. The van der Waals surface area contributed by atoms with E-state index in [1.54, 1.807) is 36.5 Å². The fourth-order valence-corrected chi connectivity index (χ4v) is 4.18. The number of carbonyl (C=O) groups is 1. The summed E-state index contributed by atoms with van der Waals surface area (Å²) in [7, 11) is 0. The zero-order chi connectivity index (χ0) is 22.6. The molecule has 0 unspecified atom stereocenters. The SMILES string of the molecule is Cc1ccc(-c2nccc(Oc3ccc(C(=O)N[C@@H]4CCCc5ccccc54)cc3)n2)cc1. The normalized spacial score (nSPS) is 14.9. The third-order valence-electron chi connectivity index (χ3n) is 5.95. The first-order valence-corrected chi connectivity index (χ1v) is 11.2. The summed E-state index contributed by atoms with van der Waals surface area (Å²) in [6, 6.07) is 25.3. The van der Waals surface area contributed by atoms with Crippen molar-refractivity contribution in [1.82, 2.24) is 15.3 Å². The molecule has 3 aromatic carbocycles. The fraction of sp³-hybridized carbons (Fsp3) is 0.179. The van der Waals surface area contributed by atoms with E-state index in [1.807, 2.05) is 37.3 Å². The van der Waals surface area contributed by atoms with Crippen LogP contribution in [0, 0.1) is 6.92 Å². The van der Waals surface area contributed by atoms with Crippen LogP contribution in [0.25, 0.3) is 11.4 Å². The molecule has 1 aromatic heterocycles. The average Bonchev–Trinajstić information content (AvgIpc) is 2.85. The average molecular weight is 436 g/mol. The summed E-state index contributed by atoms with van der Waals surface area (Å²) in [6.07, 6.45) is 4.80. The molecular weight excluding hydrogens is 410 g/mol. The summed E-state index contributed by atoms with van der Waals surface area (Å²) >= 11 is 0. The number of benzene rings is 3. The van der Waals surface area contributed by atoms with Gasteiger partial charge in [0.15, 0.2) is 5.82 Å². The van der Waals surface area contributed by atoms with E-state index < -0.39 is 0 Å². The van der Waals surface area contributed by atoms with Crippen LogP contribution >= 0.6 is 0 Å². The number of ether oxygens (including phenoxy) is 1. The van der Waals surface area contributed by atoms with Gasteiger partial charge in [-0.25, -0.2) is 4.98 Å². The predicted octanol–water partition coefficient (Wildman–Crippen LogP) is 6.05. The molecule has 0 bridgehead atoms. The quantitative estimate of drug-likeness (QED) is 0.414. The Morgan fingerprint density at radius 2 is 1.76 bits per heavy atom. The standard InChI is InChI=1S/C28H25N3O2/c1-19-9-11-21(12-10-19)27-29-18-17-26(31-27)33-23-15-13-22(14-16-23)28(32)30-25-8-4-6-20-5-2-3-7-24(20)25/h2-3,5,7,9-18,25H,4,6,8H2,1H3,(H,30,32)/t25-/m1/s1. The van der Waals surface area contributed by atoms with E-state index in [1.165, 1.54) is 16.7 Å². The number of amides is 1. The number of aromatic nitrogens is 2. The third kappa shape index (κ3) is 4.77. The van der Waals surface area contributed by atoms with Crippen LogP contribution in [0.15, 0.2) is 85.1 Å². The molecule has 0 radical (unpaired) electrons. The van der Waals surface area contributed by atoms with Crippen molar-refractivity contribution in [3.05, 3.63) is 107 Å². The van der Waals surface area contributed by atoms with E-state index in [4.69, 9.17) is 4.74 Å². The van der Waals surface area contributed by atoms with Gasteiger partial charge < -0.3 is 10.1 Å². The van der Waals surface area contributed by atoms with Gasteiger partial charge in [-0.05, 0) is 61.6 Å². The number of hydrogen-bond acceptors (Lipinski definition) is 4. The number of nitrogens with one attached hydrogen (secondary N) is 1. The van der Waals surface area contributed by atoms with Crippen molar-refractivity contribution in [3.63, 3.8) is 0 Å². The van der Waals surface area contributed by atoms with Crippen molar-refractivity contribution in [3.8, 4) is 23.0 Å². The summed E-state index contributed by atoms with van der Waals surface area (Å²) in [5, 5.41) is 3.19. The molecule has 0 spiro atoms. The summed E-state index contributed by atoms with van der Waals surface area (Å²) in [6.45, 7) is 2.04. The number of rotatable bonds is 5. The molecular formula is C28H25N3O2. The first-order valence-electron chi connectivity index (χ1n) is 11.2. The Bertz CT molecular complexity index is 1270. The second-order valence-corrected chi connectivity index (χ2v) is 8.33. The van der Waals surface area contributed by atoms with Crippen LogP contribution < -0.4 is 10.1 Å². The van der Waals surface area contributed by atoms with Crippen molar-refractivity contribution < 1.29 is 9.53 Å². The Kier molecular flexibility index (Phi) is 5.85. The molecule has 1 amide bonds. The highest BCUT2D eigenvalue weighted by molar-refractivity contribution is 5.94. The van der Waals surface area contributed by atoms with E-state index in [0.29, 0.717) is 23.0 Å². The lowest BCUT2D eigenvalue weighted by atomic mass is 9.87. The van der Waals surface area contributed by atoms with Gasteiger partial charge in [-0.1, -0.05) is 54.1 Å². The van der Waals surface area contributed by atoms with Gasteiger partial charge in [0.25, 0.3) is 5.91 Å². The fourth-order valence-electron chi connectivity index (χ4n) is 4.18. The van der Waals surface area contributed by atoms with Gasteiger partial charge in [0, 0.05) is 23.4 Å². The van der Waals surface area contributed by atoms with Gasteiger partial charge >= 0.3 is 0 Å². The first kappa shape index (κ1) is 20.9. The summed E-state index contributed by atoms with van der Waals surface area (Å²) in [5.41, 5.74) is 5.27. The smallest absolute Gasteiger partial charge is 0.251 e. The van der Waals surface area contributed by atoms with E-state index >= 15 is 0 Å². The molecule has 0 aliphatic heterocycles. The van der Waals surface area contributed by atoms with Gasteiger partial charge in [-0.2, -0.15) is 4.98 Å². The number of fused-ring (bicyclic) bond motifs is 1. The molecule has 5 nitrogen and oxygen atoms in total. The van der Waals surface area contributed by atoms with E-state index in [-0.39, 0.29) is 11.9 Å². The topological polar surface area (TPSA) is 64.1 Å². The second-order valence-electron chi connectivity index (χ2n) is 8.33. The molecule has 1 N–H and O–H groups in total. The van der Waals surface area contributed by atoms with Crippen LogP contribution in [0.2, 0.25) is 0 Å². The number of nitrogens with zero attached hydrogens (tertiary/aromatic N) is 2. The molecule has 1 aliphatic rings. The predicted molar refractivity (Wildman–Crippen MR) is 128 cm³/mol. The number of aryl methyl sites for hydroxylation is 2. The molecule has 0 saturated carbocycles. The Morgan fingerprint density at radius 3 is 2.58 bits per heavy atom. The maximum atomic E-state index is 12.8. The van der Waals surface area contributed by atoms with Gasteiger partial charge in [-0.15, -0.1) is 0 Å². The van der Waals surface area contributed by atoms with Crippen LogP contribution in [-0.4, -0.2) is 15.9 Å². The van der Waals surface area contributed by atoms with Crippen LogP contribution in [0.3, 0.4) is 0 Å². The molecule has 1 aliphatic carbocycles. The van der Waals surface area contributed by atoms with Crippen molar-refractivity contribution in [2.45, 2.75) is 32.2 Å². The van der Waals surface area contributed by atoms with E-state index in [9.17, 15) is 4.79 Å². The number of carbonyl (C=O) groups excluding carboxylic acids is 1. The van der Waals surface area contributed by atoms with E-state index in [0.717, 1.165) is 24.8 Å². The summed E-state index contributed by atoms with van der Waals surface area (Å²) in [4.78, 5) is 21.7. The minimum atomic E-state index is -0.0769. The number of hydrogen-bond donors (Lipinski definition) is 1. The highest BCUT2D eigenvalue weighted by Gasteiger charge is 2.21. The molecule has 5 heteroatoms. The van der Waals surface area contributed by atoms with Crippen LogP contribution in [-0.2, 0) is 6.42 Å². The molecule has 164 valence electrons. The van der Waals surface area contributed by atoms with Gasteiger partial charge in [0.2, 0.25) is 5.88 Å². The largest absolute Gasteiger partial charge is 0.439 e. The Hall–Kier alpha value is -3.99. The Morgan fingerprint density at radius 1 is 0.970 bits per heavy atom. The molecule has 0 saturated heterocycles. The van der Waals surface area contributed by atoms with E-state index in [2.05, 4.69) is 33.5 Å². The Labute approximate surface area is 193 Å². The maximum Gasteiger partial charge on any atom is 0.251 e. The third-order valence-corrected chi connectivity index (χ3v) is 5.95. The summed E-state index contributed by atoms with van der Waals surface area (Å²) < 4.78 is 5.91.